The Balaban J connectivity index is 2.00. The highest BCUT2D eigenvalue weighted by Crippen LogP contribution is 2.26. The van der Waals surface area contributed by atoms with Crippen molar-refractivity contribution >= 4 is 22.0 Å². The average molecular weight is 330 g/mol. The van der Waals surface area contributed by atoms with Crippen LogP contribution in [0.15, 0.2) is 10.7 Å². The lowest BCUT2D eigenvalue weighted by molar-refractivity contribution is 0.0288. The second-order valence-corrected chi connectivity index (χ2v) is 6.75. The van der Waals surface area contributed by atoms with E-state index in [-0.39, 0.29) is 12.1 Å². The van der Waals surface area contributed by atoms with Gasteiger partial charge in [-0.15, -0.1) is 0 Å². The van der Waals surface area contributed by atoms with Crippen molar-refractivity contribution in [3.63, 3.8) is 0 Å². The smallest absolute Gasteiger partial charge is 0.410 e. The predicted octanol–water partition coefficient (Wildman–Crippen LogP) is 3.14. The molecular formula is C13H20BrN3O2. The van der Waals surface area contributed by atoms with Crippen molar-refractivity contribution in [1.82, 2.24) is 14.7 Å². The number of carbonyl (C=O) groups is 1. The molecule has 1 aromatic rings. The van der Waals surface area contributed by atoms with E-state index in [1.165, 1.54) is 0 Å². The van der Waals surface area contributed by atoms with Gasteiger partial charge in [-0.3, -0.25) is 4.68 Å². The molecule has 0 aromatic carbocycles. The maximum atomic E-state index is 12.0. The first kappa shape index (κ1) is 14.4. The number of halogens is 1. The number of carbonyl (C=O) groups excluding carboxylic acids is 1. The standard InChI is InChI=1S/C13H20BrN3O2/c1-9-11(14)7-15-17(9)10-5-6-16(8-10)12(18)19-13(2,3)4/h7,10H,5-6,8H2,1-4H3/t10-/m1/s1. The minimum absolute atomic E-state index is 0.235. The van der Waals surface area contributed by atoms with E-state index in [0.29, 0.717) is 6.54 Å². The zero-order valence-electron chi connectivity index (χ0n) is 11.8. The summed E-state index contributed by atoms with van der Waals surface area (Å²) in [4.78, 5) is 13.7. The monoisotopic (exact) mass is 329 g/mol. The minimum Gasteiger partial charge on any atom is -0.444 e. The third-order valence-electron chi connectivity index (χ3n) is 3.15. The lowest BCUT2D eigenvalue weighted by Crippen LogP contribution is -2.35. The summed E-state index contributed by atoms with van der Waals surface area (Å²) in [6.07, 6.45) is 2.47. The van der Waals surface area contributed by atoms with E-state index < -0.39 is 5.60 Å². The molecule has 1 aliphatic rings. The Morgan fingerprint density at radius 1 is 1.53 bits per heavy atom. The summed E-state index contributed by atoms with van der Waals surface area (Å²) in [5.74, 6) is 0. The zero-order chi connectivity index (χ0) is 14.2. The summed E-state index contributed by atoms with van der Waals surface area (Å²) >= 11 is 3.46. The van der Waals surface area contributed by atoms with Crippen LogP contribution in [-0.4, -0.2) is 39.5 Å². The first-order chi connectivity index (χ1) is 8.78. The number of aromatic nitrogens is 2. The van der Waals surface area contributed by atoms with E-state index in [1.54, 1.807) is 11.1 Å². The lowest BCUT2D eigenvalue weighted by atomic mass is 10.2. The van der Waals surface area contributed by atoms with E-state index in [9.17, 15) is 4.79 Å². The fraction of sp³-hybridized carbons (Fsp3) is 0.692. The van der Waals surface area contributed by atoms with Crippen LogP contribution < -0.4 is 0 Å². The van der Waals surface area contributed by atoms with Crippen LogP contribution >= 0.6 is 15.9 Å². The number of likely N-dealkylation sites (tertiary alicyclic amines) is 1. The van der Waals surface area contributed by atoms with Gasteiger partial charge in [0.15, 0.2) is 0 Å². The largest absolute Gasteiger partial charge is 0.444 e. The molecule has 6 heteroatoms. The second-order valence-electron chi connectivity index (χ2n) is 5.89. The molecule has 0 spiro atoms. The Hall–Kier alpha value is -1.04. The van der Waals surface area contributed by atoms with E-state index in [4.69, 9.17) is 4.74 Å². The van der Waals surface area contributed by atoms with E-state index in [1.807, 2.05) is 32.4 Å². The van der Waals surface area contributed by atoms with Gasteiger partial charge in [-0.25, -0.2) is 4.79 Å². The second kappa shape index (κ2) is 5.15. The van der Waals surface area contributed by atoms with E-state index >= 15 is 0 Å². The Bertz CT molecular complexity index is 479. The predicted molar refractivity (Wildman–Crippen MR) is 76.1 cm³/mol. The topological polar surface area (TPSA) is 47.4 Å². The van der Waals surface area contributed by atoms with Crippen molar-refractivity contribution < 1.29 is 9.53 Å². The Morgan fingerprint density at radius 2 is 2.21 bits per heavy atom. The molecule has 1 aliphatic heterocycles. The average Bonchev–Trinajstić information content (AvgIpc) is 2.85. The Morgan fingerprint density at radius 3 is 2.74 bits per heavy atom. The number of nitrogens with zero attached hydrogens (tertiary/aromatic N) is 3. The van der Waals surface area contributed by atoms with Gasteiger partial charge in [0.1, 0.15) is 5.60 Å². The van der Waals surface area contributed by atoms with Gasteiger partial charge in [-0.1, -0.05) is 0 Å². The van der Waals surface area contributed by atoms with Gasteiger partial charge in [0.25, 0.3) is 0 Å². The Kier molecular flexibility index (Phi) is 3.90. The summed E-state index contributed by atoms with van der Waals surface area (Å²) in [7, 11) is 0. The molecule has 2 rings (SSSR count). The fourth-order valence-corrected chi connectivity index (χ4v) is 2.48. The SMILES string of the molecule is Cc1c(Br)cnn1[C@@H]1CCN(C(=O)OC(C)(C)C)C1. The molecule has 0 bridgehead atoms. The molecule has 1 saturated heterocycles. The van der Waals surface area contributed by atoms with Crippen molar-refractivity contribution in [3.8, 4) is 0 Å². The zero-order valence-corrected chi connectivity index (χ0v) is 13.4. The number of amides is 1. The lowest BCUT2D eigenvalue weighted by Gasteiger charge is -2.24. The maximum absolute atomic E-state index is 12.0. The van der Waals surface area contributed by atoms with Gasteiger partial charge in [-0.2, -0.15) is 5.10 Å². The van der Waals surface area contributed by atoms with Crippen LogP contribution in [0, 0.1) is 6.92 Å². The first-order valence-corrected chi connectivity index (χ1v) is 7.25. The highest BCUT2D eigenvalue weighted by atomic mass is 79.9. The normalized spacial score (nSPS) is 19.8. The van der Waals surface area contributed by atoms with Crippen molar-refractivity contribution in [2.24, 2.45) is 0 Å². The summed E-state index contributed by atoms with van der Waals surface area (Å²) in [5.41, 5.74) is 0.649. The number of hydrogen-bond donors (Lipinski definition) is 0. The van der Waals surface area contributed by atoms with Crippen LogP contribution in [0.2, 0.25) is 0 Å². The van der Waals surface area contributed by atoms with Gasteiger partial charge in [0.2, 0.25) is 0 Å². The molecule has 106 valence electrons. The summed E-state index contributed by atoms with van der Waals surface area (Å²) in [6, 6.07) is 0.235. The maximum Gasteiger partial charge on any atom is 0.410 e. The van der Waals surface area contributed by atoms with E-state index in [0.717, 1.165) is 23.1 Å². The van der Waals surface area contributed by atoms with Crippen LogP contribution in [0.3, 0.4) is 0 Å². The van der Waals surface area contributed by atoms with Crippen molar-refractivity contribution in [2.45, 2.75) is 45.8 Å². The molecule has 2 heterocycles. The quantitative estimate of drug-likeness (QED) is 0.795. The fourth-order valence-electron chi connectivity index (χ4n) is 2.20. The minimum atomic E-state index is -0.445. The Labute approximate surface area is 122 Å². The van der Waals surface area contributed by atoms with Crippen molar-refractivity contribution in [2.75, 3.05) is 13.1 Å². The molecule has 0 aliphatic carbocycles. The highest BCUT2D eigenvalue weighted by molar-refractivity contribution is 9.10. The van der Waals surface area contributed by atoms with Crippen LogP contribution in [-0.2, 0) is 4.74 Å². The molecule has 1 fully saturated rings. The van der Waals surface area contributed by atoms with Crippen LogP contribution in [0.25, 0.3) is 0 Å². The molecule has 1 atom stereocenters. The van der Waals surface area contributed by atoms with E-state index in [2.05, 4.69) is 21.0 Å². The summed E-state index contributed by atoms with van der Waals surface area (Å²) in [6.45, 7) is 9.04. The number of hydrogen-bond acceptors (Lipinski definition) is 3. The van der Waals surface area contributed by atoms with Gasteiger partial charge in [-0.05, 0) is 50.0 Å². The summed E-state index contributed by atoms with van der Waals surface area (Å²) < 4.78 is 8.37. The van der Waals surface area contributed by atoms with Crippen molar-refractivity contribution in [1.29, 1.82) is 0 Å². The molecule has 0 radical (unpaired) electrons. The molecule has 19 heavy (non-hydrogen) atoms. The number of rotatable bonds is 1. The van der Waals surface area contributed by atoms with Crippen LogP contribution in [0.5, 0.6) is 0 Å². The van der Waals surface area contributed by atoms with Crippen molar-refractivity contribution in [3.05, 3.63) is 16.4 Å². The molecule has 5 nitrogen and oxygen atoms in total. The van der Waals surface area contributed by atoms with Gasteiger partial charge in [0, 0.05) is 18.8 Å². The van der Waals surface area contributed by atoms with Crippen LogP contribution in [0.4, 0.5) is 4.79 Å². The number of ether oxygens (including phenoxy) is 1. The molecule has 1 amide bonds. The highest BCUT2D eigenvalue weighted by Gasteiger charge is 2.31. The molecule has 0 unspecified atom stereocenters. The first-order valence-electron chi connectivity index (χ1n) is 6.45. The van der Waals surface area contributed by atoms with Gasteiger partial charge >= 0.3 is 6.09 Å². The van der Waals surface area contributed by atoms with Crippen LogP contribution in [0.1, 0.15) is 38.9 Å². The molecule has 0 N–H and O–H groups in total. The summed E-state index contributed by atoms with van der Waals surface area (Å²) in [5, 5.41) is 4.36. The van der Waals surface area contributed by atoms with Gasteiger partial charge in [0.05, 0.1) is 16.7 Å². The molecular weight excluding hydrogens is 310 g/mol. The molecule has 0 saturated carbocycles. The third kappa shape index (κ3) is 3.29. The van der Waals surface area contributed by atoms with Gasteiger partial charge < -0.3 is 9.64 Å². The third-order valence-corrected chi connectivity index (χ3v) is 3.92. The molecule has 1 aromatic heterocycles.